The van der Waals surface area contributed by atoms with Crippen LogP contribution in [0.15, 0.2) is 12.1 Å². The standard InChI is InChI=1S/C15H17F3N2O3/c16-10-5-9(6-11(17)15(10)18)12(8-21)19-13(22)7-20-4-2-1-3-14(20)23/h5-6,12,21H,1-4,7-8H2,(H,19,22). The number of benzene rings is 1. The number of nitrogens with zero attached hydrogens (tertiary/aromatic N) is 1. The highest BCUT2D eigenvalue weighted by molar-refractivity contribution is 5.85. The molecule has 1 fully saturated rings. The van der Waals surface area contributed by atoms with E-state index in [4.69, 9.17) is 0 Å². The van der Waals surface area contributed by atoms with Crippen LogP contribution in [0.1, 0.15) is 30.9 Å². The lowest BCUT2D eigenvalue weighted by Crippen LogP contribution is -2.44. The zero-order valence-electron chi connectivity index (χ0n) is 12.3. The maximum absolute atomic E-state index is 13.2. The predicted molar refractivity (Wildman–Crippen MR) is 74.7 cm³/mol. The molecule has 1 aromatic rings. The molecule has 1 atom stereocenters. The first kappa shape index (κ1) is 17.3. The number of carbonyl (C=O) groups is 2. The van der Waals surface area contributed by atoms with Crippen LogP contribution in [0.5, 0.6) is 0 Å². The van der Waals surface area contributed by atoms with Gasteiger partial charge in [0.2, 0.25) is 11.8 Å². The Morgan fingerprint density at radius 2 is 1.91 bits per heavy atom. The Hall–Kier alpha value is -2.09. The first-order valence-electron chi connectivity index (χ1n) is 7.24. The smallest absolute Gasteiger partial charge is 0.240 e. The summed E-state index contributed by atoms with van der Waals surface area (Å²) in [5.41, 5.74) is -0.0952. The number of hydrogen-bond acceptors (Lipinski definition) is 3. The van der Waals surface area contributed by atoms with Gasteiger partial charge in [0.1, 0.15) is 0 Å². The van der Waals surface area contributed by atoms with Crippen LogP contribution in [0.3, 0.4) is 0 Å². The molecule has 1 aromatic carbocycles. The molecule has 1 saturated heterocycles. The number of carbonyl (C=O) groups excluding carboxylic acids is 2. The predicted octanol–water partition coefficient (Wildman–Crippen LogP) is 1.27. The van der Waals surface area contributed by atoms with Gasteiger partial charge in [-0.2, -0.15) is 0 Å². The Morgan fingerprint density at radius 3 is 2.48 bits per heavy atom. The van der Waals surface area contributed by atoms with Crippen molar-refractivity contribution < 1.29 is 27.9 Å². The van der Waals surface area contributed by atoms with Crippen molar-refractivity contribution in [1.82, 2.24) is 10.2 Å². The van der Waals surface area contributed by atoms with Gasteiger partial charge in [-0.1, -0.05) is 0 Å². The van der Waals surface area contributed by atoms with Gasteiger partial charge in [-0.15, -0.1) is 0 Å². The van der Waals surface area contributed by atoms with E-state index in [9.17, 15) is 27.9 Å². The molecule has 0 aliphatic carbocycles. The summed E-state index contributed by atoms with van der Waals surface area (Å²) in [5, 5.41) is 11.7. The second-order valence-corrected chi connectivity index (χ2v) is 5.37. The summed E-state index contributed by atoms with van der Waals surface area (Å²) in [6.07, 6.45) is 1.96. The van der Waals surface area contributed by atoms with Gasteiger partial charge in [0, 0.05) is 13.0 Å². The molecule has 8 heteroatoms. The van der Waals surface area contributed by atoms with Crippen LogP contribution >= 0.6 is 0 Å². The molecule has 0 radical (unpaired) electrons. The van der Waals surface area contributed by atoms with Crippen LogP contribution in [0.4, 0.5) is 13.2 Å². The molecule has 23 heavy (non-hydrogen) atoms. The van der Waals surface area contributed by atoms with Crippen molar-refractivity contribution in [3.8, 4) is 0 Å². The highest BCUT2D eigenvalue weighted by Crippen LogP contribution is 2.19. The zero-order chi connectivity index (χ0) is 17.0. The molecule has 1 heterocycles. The Morgan fingerprint density at radius 1 is 1.26 bits per heavy atom. The summed E-state index contributed by atoms with van der Waals surface area (Å²) in [7, 11) is 0. The summed E-state index contributed by atoms with van der Waals surface area (Å²) < 4.78 is 39.4. The van der Waals surface area contributed by atoms with Crippen LogP contribution in [-0.4, -0.2) is 41.5 Å². The average molecular weight is 330 g/mol. The molecular formula is C15H17F3N2O3. The maximum Gasteiger partial charge on any atom is 0.240 e. The van der Waals surface area contributed by atoms with E-state index in [0.717, 1.165) is 12.8 Å². The average Bonchev–Trinajstić information content (AvgIpc) is 2.52. The monoisotopic (exact) mass is 330 g/mol. The van der Waals surface area contributed by atoms with Crippen LogP contribution in [0.2, 0.25) is 0 Å². The van der Waals surface area contributed by atoms with E-state index in [-0.39, 0.29) is 18.0 Å². The van der Waals surface area contributed by atoms with E-state index < -0.39 is 36.0 Å². The molecule has 1 unspecified atom stereocenters. The maximum atomic E-state index is 13.2. The minimum atomic E-state index is -1.62. The quantitative estimate of drug-likeness (QED) is 0.799. The third-order valence-corrected chi connectivity index (χ3v) is 3.68. The molecule has 0 bridgehead atoms. The molecule has 126 valence electrons. The molecule has 5 nitrogen and oxygen atoms in total. The number of piperidine rings is 1. The van der Waals surface area contributed by atoms with Crippen molar-refractivity contribution >= 4 is 11.8 Å². The van der Waals surface area contributed by atoms with E-state index in [1.54, 1.807) is 0 Å². The zero-order valence-corrected chi connectivity index (χ0v) is 12.3. The molecule has 0 saturated carbocycles. The Labute approximate surface area is 131 Å². The molecule has 0 spiro atoms. The summed E-state index contributed by atoms with van der Waals surface area (Å²) in [5.74, 6) is -5.12. The van der Waals surface area contributed by atoms with Gasteiger partial charge in [0.25, 0.3) is 0 Å². The van der Waals surface area contributed by atoms with Crippen molar-refractivity contribution in [2.45, 2.75) is 25.3 Å². The molecule has 2 amide bonds. The van der Waals surface area contributed by atoms with Crippen molar-refractivity contribution in [3.63, 3.8) is 0 Å². The molecular weight excluding hydrogens is 313 g/mol. The summed E-state index contributed by atoms with van der Waals surface area (Å²) in [6, 6.07) is 0.337. The lowest BCUT2D eigenvalue weighted by atomic mass is 10.1. The van der Waals surface area contributed by atoms with E-state index in [1.807, 2.05) is 0 Å². The summed E-state index contributed by atoms with van der Waals surface area (Å²) in [6.45, 7) is -0.346. The molecule has 1 aliphatic heterocycles. The number of aliphatic hydroxyl groups is 1. The van der Waals surface area contributed by atoms with E-state index in [0.29, 0.717) is 25.1 Å². The highest BCUT2D eigenvalue weighted by Gasteiger charge is 2.23. The fourth-order valence-corrected chi connectivity index (χ4v) is 2.45. The minimum Gasteiger partial charge on any atom is -0.394 e. The molecule has 1 aliphatic rings. The number of nitrogens with one attached hydrogen (secondary N) is 1. The van der Waals surface area contributed by atoms with E-state index in [1.165, 1.54) is 4.90 Å². The summed E-state index contributed by atoms with van der Waals surface area (Å²) in [4.78, 5) is 25.0. The number of hydrogen-bond donors (Lipinski definition) is 2. The van der Waals surface area contributed by atoms with Crippen molar-refractivity contribution in [2.75, 3.05) is 19.7 Å². The number of likely N-dealkylation sites (tertiary alicyclic amines) is 1. The van der Waals surface area contributed by atoms with Gasteiger partial charge >= 0.3 is 0 Å². The summed E-state index contributed by atoms with van der Waals surface area (Å²) >= 11 is 0. The van der Waals surface area contributed by atoms with Gasteiger partial charge in [-0.3, -0.25) is 9.59 Å². The lowest BCUT2D eigenvalue weighted by molar-refractivity contribution is -0.138. The molecule has 0 aromatic heterocycles. The first-order valence-corrected chi connectivity index (χ1v) is 7.24. The highest BCUT2D eigenvalue weighted by atomic mass is 19.2. The Balaban J connectivity index is 2.04. The third kappa shape index (κ3) is 4.22. The van der Waals surface area contributed by atoms with Crippen molar-refractivity contribution in [1.29, 1.82) is 0 Å². The van der Waals surface area contributed by atoms with Gasteiger partial charge < -0.3 is 15.3 Å². The first-order chi connectivity index (χ1) is 10.9. The number of halogens is 3. The normalized spacial score (nSPS) is 16.3. The molecule has 2 rings (SSSR count). The second kappa shape index (κ2) is 7.45. The third-order valence-electron chi connectivity index (χ3n) is 3.68. The van der Waals surface area contributed by atoms with Gasteiger partial charge in [-0.25, -0.2) is 13.2 Å². The van der Waals surface area contributed by atoms with E-state index in [2.05, 4.69) is 5.32 Å². The number of rotatable bonds is 5. The Kier molecular flexibility index (Phi) is 5.59. The van der Waals surface area contributed by atoms with Crippen molar-refractivity contribution in [2.24, 2.45) is 0 Å². The van der Waals surface area contributed by atoms with Crippen LogP contribution in [-0.2, 0) is 9.59 Å². The number of aliphatic hydroxyl groups excluding tert-OH is 1. The molecule has 2 N–H and O–H groups in total. The number of amides is 2. The van der Waals surface area contributed by atoms with Crippen LogP contribution < -0.4 is 5.32 Å². The fourth-order valence-electron chi connectivity index (χ4n) is 2.45. The topological polar surface area (TPSA) is 69.6 Å². The minimum absolute atomic E-state index is 0.0952. The van der Waals surface area contributed by atoms with Crippen LogP contribution in [0, 0.1) is 17.5 Å². The second-order valence-electron chi connectivity index (χ2n) is 5.37. The van der Waals surface area contributed by atoms with Gasteiger partial charge in [0.15, 0.2) is 17.5 Å². The van der Waals surface area contributed by atoms with Crippen molar-refractivity contribution in [3.05, 3.63) is 35.1 Å². The largest absolute Gasteiger partial charge is 0.394 e. The van der Waals surface area contributed by atoms with E-state index >= 15 is 0 Å². The van der Waals surface area contributed by atoms with Gasteiger partial charge in [0.05, 0.1) is 19.2 Å². The SMILES string of the molecule is O=C(CN1CCCCC1=O)NC(CO)c1cc(F)c(F)c(F)c1. The Bertz CT molecular complexity index is 587. The fraction of sp³-hybridized carbons (Fsp3) is 0.467. The van der Waals surface area contributed by atoms with Gasteiger partial charge in [-0.05, 0) is 30.5 Å². The van der Waals surface area contributed by atoms with Crippen LogP contribution in [0.25, 0.3) is 0 Å². The lowest BCUT2D eigenvalue weighted by Gasteiger charge is -2.27.